The van der Waals surface area contributed by atoms with Crippen LogP contribution in [0.15, 0.2) is 79.0 Å². The number of rotatable bonds is 9. The van der Waals surface area contributed by atoms with Crippen molar-refractivity contribution in [1.82, 2.24) is 15.1 Å². The summed E-state index contributed by atoms with van der Waals surface area (Å²) < 4.78 is 17.9. The third-order valence-corrected chi connectivity index (χ3v) is 5.52. The standard InChI is InChI=1S/C27H27N3O4/c1-32-23-12-8-7-9-19(23)15-16-28-27(31)26-22(18-30(29-26)21-10-5-4-6-11-21)20-13-14-24(33-2)25(17-20)34-3/h4-14,17-18H,15-16H2,1-3H3,(H,28,31). The van der Waals surface area contributed by atoms with Crippen LogP contribution in [-0.4, -0.2) is 43.6 Å². The van der Waals surface area contributed by atoms with E-state index in [2.05, 4.69) is 10.4 Å². The first-order chi connectivity index (χ1) is 16.6. The smallest absolute Gasteiger partial charge is 0.272 e. The van der Waals surface area contributed by atoms with Gasteiger partial charge in [0.15, 0.2) is 17.2 Å². The molecule has 0 atom stereocenters. The Bertz CT molecular complexity index is 1270. The minimum Gasteiger partial charge on any atom is -0.496 e. The number of aromatic nitrogens is 2. The Morgan fingerprint density at radius 1 is 0.853 bits per heavy atom. The van der Waals surface area contributed by atoms with Gasteiger partial charge in [0.05, 0.1) is 27.0 Å². The Morgan fingerprint density at radius 2 is 1.56 bits per heavy atom. The number of hydrogen-bond acceptors (Lipinski definition) is 5. The number of amides is 1. The SMILES string of the molecule is COc1ccccc1CCNC(=O)c1nn(-c2ccccc2)cc1-c1ccc(OC)c(OC)c1. The van der Waals surface area contributed by atoms with Crippen molar-refractivity contribution in [3.05, 3.63) is 90.3 Å². The zero-order chi connectivity index (χ0) is 23.9. The van der Waals surface area contributed by atoms with E-state index in [4.69, 9.17) is 14.2 Å². The van der Waals surface area contributed by atoms with Gasteiger partial charge >= 0.3 is 0 Å². The van der Waals surface area contributed by atoms with Gasteiger partial charge in [-0.05, 0) is 47.9 Å². The zero-order valence-corrected chi connectivity index (χ0v) is 19.4. The summed E-state index contributed by atoms with van der Waals surface area (Å²) >= 11 is 0. The minimum atomic E-state index is -0.255. The van der Waals surface area contributed by atoms with E-state index in [-0.39, 0.29) is 5.91 Å². The number of methoxy groups -OCH3 is 3. The fourth-order valence-electron chi connectivity index (χ4n) is 3.77. The van der Waals surface area contributed by atoms with E-state index < -0.39 is 0 Å². The van der Waals surface area contributed by atoms with Crippen LogP contribution in [0.3, 0.4) is 0 Å². The van der Waals surface area contributed by atoms with Crippen LogP contribution >= 0.6 is 0 Å². The van der Waals surface area contributed by atoms with Crippen LogP contribution in [0.2, 0.25) is 0 Å². The first kappa shape index (κ1) is 22.9. The van der Waals surface area contributed by atoms with Gasteiger partial charge in [-0.3, -0.25) is 4.79 Å². The predicted molar refractivity (Wildman–Crippen MR) is 131 cm³/mol. The summed E-state index contributed by atoms with van der Waals surface area (Å²) in [4.78, 5) is 13.2. The normalized spacial score (nSPS) is 10.6. The van der Waals surface area contributed by atoms with Crippen LogP contribution in [0, 0.1) is 0 Å². The quantitative estimate of drug-likeness (QED) is 0.400. The molecule has 0 aliphatic heterocycles. The Kier molecular flexibility index (Phi) is 7.13. The largest absolute Gasteiger partial charge is 0.496 e. The average molecular weight is 458 g/mol. The summed E-state index contributed by atoms with van der Waals surface area (Å²) in [6, 6.07) is 23.0. The Labute approximate surface area is 198 Å². The molecule has 0 fully saturated rings. The van der Waals surface area contributed by atoms with E-state index in [0.29, 0.717) is 35.7 Å². The molecule has 0 unspecified atom stereocenters. The van der Waals surface area contributed by atoms with Crippen LogP contribution in [0.1, 0.15) is 16.1 Å². The van der Waals surface area contributed by atoms with Crippen molar-refractivity contribution >= 4 is 5.91 Å². The molecule has 0 saturated carbocycles. The molecule has 4 aromatic rings. The monoisotopic (exact) mass is 457 g/mol. The molecule has 0 bridgehead atoms. The number of para-hydroxylation sites is 2. The number of carbonyl (C=O) groups excluding carboxylic acids is 1. The molecule has 7 heteroatoms. The van der Waals surface area contributed by atoms with Gasteiger partial charge in [-0.1, -0.05) is 42.5 Å². The molecule has 174 valence electrons. The molecular weight excluding hydrogens is 430 g/mol. The van der Waals surface area contributed by atoms with E-state index >= 15 is 0 Å². The maximum Gasteiger partial charge on any atom is 0.272 e. The van der Waals surface area contributed by atoms with Gasteiger partial charge in [0.2, 0.25) is 0 Å². The minimum absolute atomic E-state index is 0.255. The number of carbonyl (C=O) groups is 1. The van der Waals surface area contributed by atoms with Crippen molar-refractivity contribution in [2.24, 2.45) is 0 Å². The lowest BCUT2D eigenvalue weighted by molar-refractivity contribution is 0.0949. The second-order valence-electron chi connectivity index (χ2n) is 7.56. The molecule has 0 aliphatic rings. The first-order valence-electron chi connectivity index (χ1n) is 10.9. The van der Waals surface area contributed by atoms with Gasteiger partial charge in [-0.15, -0.1) is 0 Å². The van der Waals surface area contributed by atoms with Crippen LogP contribution < -0.4 is 19.5 Å². The molecule has 1 amide bonds. The second-order valence-corrected chi connectivity index (χ2v) is 7.56. The van der Waals surface area contributed by atoms with E-state index in [1.165, 1.54) is 0 Å². The molecule has 1 heterocycles. The highest BCUT2D eigenvalue weighted by molar-refractivity contribution is 5.99. The summed E-state index contributed by atoms with van der Waals surface area (Å²) in [7, 11) is 4.81. The second kappa shape index (κ2) is 10.6. The molecule has 0 spiro atoms. The van der Waals surface area contributed by atoms with Crippen LogP contribution in [-0.2, 0) is 6.42 Å². The number of nitrogens with one attached hydrogen (secondary N) is 1. The maximum absolute atomic E-state index is 13.2. The Hall–Kier alpha value is -4.26. The van der Waals surface area contributed by atoms with Crippen LogP contribution in [0.5, 0.6) is 17.2 Å². The lowest BCUT2D eigenvalue weighted by atomic mass is 10.1. The van der Waals surface area contributed by atoms with E-state index in [9.17, 15) is 4.79 Å². The van der Waals surface area contributed by atoms with Gasteiger partial charge in [0, 0.05) is 18.3 Å². The van der Waals surface area contributed by atoms with Crippen molar-refractivity contribution in [1.29, 1.82) is 0 Å². The fraction of sp³-hybridized carbons (Fsp3) is 0.185. The predicted octanol–water partition coefficient (Wildman–Crippen LogP) is 4.54. The van der Waals surface area contributed by atoms with Crippen LogP contribution in [0.25, 0.3) is 16.8 Å². The summed E-state index contributed by atoms with van der Waals surface area (Å²) in [6.07, 6.45) is 2.49. The third kappa shape index (κ3) is 4.88. The van der Waals surface area contributed by atoms with E-state index in [1.54, 1.807) is 26.0 Å². The molecule has 4 rings (SSSR count). The molecule has 0 saturated heterocycles. The highest BCUT2D eigenvalue weighted by Crippen LogP contribution is 2.34. The van der Waals surface area contributed by atoms with Gasteiger partial charge in [0.25, 0.3) is 5.91 Å². The molecule has 0 aliphatic carbocycles. The van der Waals surface area contributed by atoms with Crippen molar-refractivity contribution < 1.29 is 19.0 Å². The molecule has 1 N–H and O–H groups in total. The highest BCUT2D eigenvalue weighted by atomic mass is 16.5. The number of ether oxygens (including phenoxy) is 3. The Balaban J connectivity index is 1.64. The van der Waals surface area contributed by atoms with Crippen molar-refractivity contribution in [2.45, 2.75) is 6.42 Å². The summed E-state index contributed by atoms with van der Waals surface area (Å²) in [5.74, 6) is 1.74. The number of benzene rings is 3. The van der Waals surface area contributed by atoms with Gasteiger partial charge in [-0.25, -0.2) is 4.68 Å². The van der Waals surface area contributed by atoms with Crippen molar-refractivity contribution in [3.8, 4) is 34.1 Å². The zero-order valence-electron chi connectivity index (χ0n) is 19.4. The third-order valence-electron chi connectivity index (χ3n) is 5.52. The highest BCUT2D eigenvalue weighted by Gasteiger charge is 2.20. The lowest BCUT2D eigenvalue weighted by Gasteiger charge is -2.10. The van der Waals surface area contributed by atoms with Gasteiger partial charge in [0.1, 0.15) is 5.75 Å². The van der Waals surface area contributed by atoms with Crippen molar-refractivity contribution in [2.75, 3.05) is 27.9 Å². The van der Waals surface area contributed by atoms with Crippen molar-refractivity contribution in [3.63, 3.8) is 0 Å². The molecule has 0 radical (unpaired) electrons. The van der Waals surface area contributed by atoms with Gasteiger partial charge in [-0.2, -0.15) is 5.10 Å². The van der Waals surface area contributed by atoms with E-state index in [0.717, 1.165) is 22.6 Å². The fourth-order valence-corrected chi connectivity index (χ4v) is 3.77. The molecular formula is C27H27N3O4. The molecule has 34 heavy (non-hydrogen) atoms. The molecule has 1 aromatic heterocycles. The number of nitrogens with zero attached hydrogens (tertiary/aromatic N) is 2. The van der Waals surface area contributed by atoms with Gasteiger partial charge < -0.3 is 19.5 Å². The number of hydrogen-bond donors (Lipinski definition) is 1. The van der Waals surface area contributed by atoms with E-state index in [1.807, 2.05) is 79.0 Å². The lowest BCUT2D eigenvalue weighted by Crippen LogP contribution is -2.26. The topological polar surface area (TPSA) is 74.6 Å². The molecule has 3 aromatic carbocycles. The summed E-state index contributed by atoms with van der Waals surface area (Å²) in [6.45, 7) is 0.447. The molecule has 7 nitrogen and oxygen atoms in total. The summed E-state index contributed by atoms with van der Waals surface area (Å²) in [5, 5.41) is 7.62. The Morgan fingerprint density at radius 3 is 2.29 bits per heavy atom. The first-order valence-corrected chi connectivity index (χ1v) is 10.9. The maximum atomic E-state index is 13.2. The summed E-state index contributed by atoms with van der Waals surface area (Å²) in [5.41, 5.74) is 3.71. The average Bonchev–Trinajstić information content (AvgIpc) is 3.35. The van der Waals surface area contributed by atoms with Crippen LogP contribution in [0.4, 0.5) is 0 Å².